The average Bonchev–Trinajstić information content (AvgIpc) is 3.17. The van der Waals surface area contributed by atoms with Gasteiger partial charge in [-0.05, 0) is 32.2 Å². The summed E-state index contributed by atoms with van der Waals surface area (Å²) in [6, 6.07) is 1.79. The molecule has 0 amide bonds. The molecule has 92 valence electrons. The van der Waals surface area contributed by atoms with E-state index in [9.17, 15) is 0 Å². The van der Waals surface area contributed by atoms with E-state index < -0.39 is 0 Å². The van der Waals surface area contributed by atoms with Crippen LogP contribution in [0.25, 0.3) is 0 Å². The summed E-state index contributed by atoms with van der Waals surface area (Å²) < 4.78 is 0. The van der Waals surface area contributed by atoms with E-state index in [1.54, 1.807) is 0 Å². The van der Waals surface area contributed by atoms with Crippen LogP contribution in [0.2, 0.25) is 0 Å². The molecule has 0 aromatic rings. The maximum absolute atomic E-state index is 3.59. The average molecular weight is 223 g/mol. The van der Waals surface area contributed by atoms with Gasteiger partial charge in [0.05, 0.1) is 0 Å². The van der Waals surface area contributed by atoms with Gasteiger partial charge < -0.3 is 5.32 Å². The minimum absolute atomic E-state index is 0.823. The first-order valence-electron chi connectivity index (χ1n) is 7.12. The van der Waals surface area contributed by atoms with Gasteiger partial charge in [-0.3, -0.25) is 9.80 Å². The van der Waals surface area contributed by atoms with E-state index in [4.69, 9.17) is 0 Å². The van der Waals surface area contributed by atoms with E-state index >= 15 is 0 Å². The fourth-order valence-corrected chi connectivity index (χ4v) is 3.22. The monoisotopic (exact) mass is 223 g/mol. The lowest BCUT2D eigenvalue weighted by atomic mass is 10.1. The van der Waals surface area contributed by atoms with Crippen LogP contribution in [-0.4, -0.2) is 61.2 Å². The van der Waals surface area contributed by atoms with Crippen molar-refractivity contribution in [2.75, 3.05) is 39.3 Å². The lowest BCUT2D eigenvalue weighted by molar-refractivity contribution is 0.0890. The van der Waals surface area contributed by atoms with Crippen molar-refractivity contribution in [3.05, 3.63) is 0 Å². The lowest BCUT2D eigenvalue weighted by Gasteiger charge is -2.39. The molecule has 0 bridgehead atoms. The van der Waals surface area contributed by atoms with Crippen LogP contribution in [0, 0.1) is 0 Å². The van der Waals surface area contributed by atoms with Crippen LogP contribution >= 0.6 is 0 Å². The first-order chi connectivity index (χ1) is 7.93. The molecule has 1 N–H and O–H groups in total. The molecule has 3 rings (SSSR count). The summed E-state index contributed by atoms with van der Waals surface area (Å²) in [4.78, 5) is 5.44. The number of nitrogens with one attached hydrogen (secondary N) is 1. The topological polar surface area (TPSA) is 18.5 Å². The Morgan fingerprint density at radius 3 is 2.12 bits per heavy atom. The van der Waals surface area contributed by atoms with Gasteiger partial charge in [-0.2, -0.15) is 0 Å². The molecule has 0 aromatic carbocycles. The lowest BCUT2D eigenvalue weighted by Crippen LogP contribution is -2.52. The van der Waals surface area contributed by atoms with Crippen LogP contribution in [0.3, 0.4) is 0 Å². The highest BCUT2D eigenvalue weighted by Gasteiger charge is 2.32. The van der Waals surface area contributed by atoms with Crippen molar-refractivity contribution in [3.63, 3.8) is 0 Å². The molecule has 3 aliphatic rings. The first-order valence-corrected chi connectivity index (χ1v) is 7.12. The van der Waals surface area contributed by atoms with Gasteiger partial charge in [0.15, 0.2) is 0 Å². The standard InChI is InChI=1S/C13H25N3/c1-2-6-14-11-13(3-1)16-9-7-15(8-10-16)12-4-5-12/h12-14H,1-11H2. The van der Waals surface area contributed by atoms with Gasteiger partial charge >= 0.3 is 0 Å². The second-order valence-electron chi connectivity index (χ2n) is 5.66. The molecule has 2 saturated heterocycles. The van der Waals surface area contributed by atoms with Crippen LogP contribution in [0.5, 0.6) is 0 Å². The van der Waals surface area contributed by atoms with Crippen molar-refractivity contribution in [1.29, 1.82) is 0 Å². The quantitative estimate of drug-likeness (QED) is 0.751. The number of piperazine rings is 1. The smallest absolute Gasteiger partial charge is 0.0221 e. The molecule has 0 aromatic heterocycles. The van der Waals surface area contributed by atoms with Gasteiger partial charge in [0.25, 0.3) is 0 Å². The number of hydrogen-bond acceptors (Lipinski definition) is 3. The van der Waals surface area contributed by atoms with Crippen LogP contribution in [0.15, 0.2) is 0 Å². The normalized spacial score (nSPS) is 34.9. The summed E-state index contributed by atoms with van der Waals surface area (Å²) in [5.41, 5.74) is 0. The largest absolute Gasteiger partial charge is 0.315 e. The molecule has 16 heavy (non-hydrogen) atoms. The maximum Gasteiger partial charge on any atom is 0.0221 e. The first kappa shape index (κ1) is 11.0. The summed E-state index contributed by atoms with van der Waals surface area (Å²) in [7, 11) is 0. The molecular formula is C13H25N3. The van der Waals surface area contributed by atoms with E-state index in [1.165, 1.54) is 71.4 Å². The molecule has 2 aliphatic heterocycles. The van der Waals surface area contributed by atoms with Crippen LogP contribution < -0.4 is 5.32 Å². The summed E-state index contributed by atoms with van der Waals surface area (Å²) in [6.45, 7) is 7.72. The third-order valence-corrected chi connectivity index (χ3v) is 4.45. The molecule has 1 atom stereocenters. The van der Waals surface area contributed by atoms with Gasteiger partial charge in [0.1, 0.15) is 0 Å². The summed E-state index contributed by atoms with van der Waals surface area (Å²) in [5, 5.41) is 3.59. The Labute approximate surface area is 99.2 Å². The van der Waals surface area contributed by atoms with Crippen molar-refractivity contribution in [1.82, 2.24) is 15.1 Å². The maximum atomic E-state index is 3.59. The van der Waals surface area contributed by atoms with Crippen LogP contribution in [0.4, 0.5) is 0 Å². The molecular weight excluding hydrogens is 198 g/mol. The van der Waals surface area contributed by atoms with Crippen molar-refractivity contribution in [2.24, 2.45) is 0 Å². The fourth-order valence-electron chi connectivity index (χ4n) is 3.22. The zero-order valence-electron chi connectivity index (χ0n) is 10.3. The van der Waals surface area contributed by atoms with Crippen LogP contribution in [-0.2, 0) is 0 Å². The molecule has 0 spiro atoms. The molecule has 0 radical (unpaired) electrons. The molecule has 1 unspecified atom stereocenters. The van der Waals surface area contributed by atoms with E-state index in [-0.39, 0.29) is 0 Å². The molecule has 3 nitrogen and oxygen atoms in total. The highest BCUT2D eigenvalue weighted by molar-refractivity contribution is 4.89. The summed E-state index contributed by atoms with van der Waals surface area (Å²) >= 11 is 0. The van der Waals surface area contributed by atoms with Gasteiger partial charge in [-0.1, -0.05) is 6.42 Å². The SMILES string of the molecule is C1CCC(N2CCN(C3CC3)CC2)CNC1. The Morgan fingerprint density at radius 2 is 1.44 bits per heavy atom. The predicted molar refractivity (Wildman–Crippen MR) is 66.7 cm³/mol. The van der Waals surface area contributed by atoms with Crippen molar-refractivity contribution in [2.45, 2.75) is 44.2 Å². The number of rotatable bonds is 2. The minimum atomic E-state index is 0.823. The van der Waals surface area contributed by atoms with E-state index in [0.29, 0.717) is 0 Å². The highest BCUT2D eigenvalue weighted by atomic mass is 15.3. The molecule has 1 aliphatic carbocycles. The highest BCUT2D eigenvalue weighted by Crippen LogP contribution is 2.28. The Morgan fingerprint density at radius 1 is 0.750 bits per heavy atom. The van der Waals surface area contributed by atoms with Gasteiger partial charge in [0, 0.05) is 44.8 Å². The van der Waals surface area contributed by atoms with Gasteiger partial charge in [0.2, 0.25) is 0 Å². The Hall–Kier alpha value is -0.120. The summed E-state index contributed by atoms with van der Waals surface area (Å²) in [5.74, 6) is 0. The molecule has 3 heteroatoms. The zero-order chi connectivity index (χ0) is 10.8. The summed E-state index contributed by atoms with van der Waals surface area (Å²) in [6.07, 6.45) is 7.13. The Kier molecular flexibility index (Phi) is 3.46. The second-order valence-corrected chi connectivity index (χ2v) is 5.66. The fraction of sp³-hybridized carbons (Fsp3) is 1.00. The second kappa shape index (κ2) is 5.03. The Bertz CT molecular complexity index is 211. The number of hydrogen-bond donors (Lipinski definition) is 1. The molecule has 3 fully saturated rings. The van der Waals surface area contributed by atoms with Gasteiger partial charge in [-0.15, -0.1) is 0 Å². The van der Waals surface area contributed by atoms with Crippen molar-refractivity contribution in [3.8, 4) is 0 Å². The molecule has 2 heterocycles. The van der Waals surface area contributed by atoms with Crippen molar-refractivity contribution < 1.29 is 0 Å². The van der Waals surface area contributed by atoms with E-state index in [0.717, 1.165) is 12.1 Å². The van der Waals surface area contributed by atoms with Crippen LogP contribution in [0.1, 0.15) is 32.1 Å². The number of nitrogens with zero attached hydrogens (tertiary/aromatic N) is 2. The minimum Gasteiger partial charge on any atom is -0.315 e. The Balaban J connectivity index is 1.48. The predicted octanol–water partition coefficient (Wildman–Crippen LogP) is 0.909. The third kappa shape index (κ3) is 2.58. The van der Waals surface area contributed by atoms with Gasteiger partial charge in [-0.25, -0.2) is 0 Å². The molecule has 1 saturated carbocycles. The van der Waals surface area contributed by atoms with E-state index in [2.05, 4.69) is 15.1 Å². The van der Waals surface area contributed by atoms with E-state index in [1.807, 2.05) is 0 Å². The third-order valence-electron chi connectivity index (χ3n) is 4.45. The zero-order valence-corrected chi connectivity index (χ0v) is 10.3. The van der Waals surface area contributed by atoms with Crippen molar-refractivity contribution >= 4 is 0 Å².